The molecule has 0 saturated carbocycles. The van der Waals surface area contributed by atoms with Gasteiger partial charge in [-0.15, -0.1) is 11.3 Å². The van der Waals surface area contributed by atoms with E-state index in [0.717, 1.165) is 26.2 Å². The molecule has 1 amide bonds. The standard InChI is InChI=1S/C27H30BrNO4S/c1-17-23(18-8-12-20(28)13-9-18)24(26(31)32-5)25(34-17)29-22(30)7-6-16-33-21-14-10-19(11-15-21)27(2,3)4/h8-15H,6-7,16H2,1-5H3,(H,29,30). The molecule has 1 heterocycles. The molecule has 5 nitrogen and oxygen atoms in total. The van der Waals surface area contributed by atoms with Crippen molar-refractivity contribution in [1.29, 1.82) is 0 Å². The zero-order chi connectivity index (χ0) is 24.9. The van der Waals surface area contributed by atoms with Crippen LogP contribution >= 0.6 is 27.3 Å². The molecule has 0 spiro atoms. The molecule has 0 radical (unpaired) electrons. The lowest BCUT2D eigenvalue weighted by atomic mass is 9.87. The van der Waals surface area contributed by atoms with Crippen molar-refractivity contribution in [2.75, 3.05) is 19.0 Å². The molecule has 34 heavy (non-hydrogen) atoms. The van der Waals surface area contributed by atoms with E-state index >= 15 is 0 Å². The highest BCUT2D eigenvalue weighted by atomic mass is 79.9. The number of esters is 1. The van der Waals surface area contributed by atoms with E-state index in [4.69, 9.17) is 9.47 Å². The highest BCUT2D eigenvalue weighted by molar-refractivity contribution is 9.10. The normalized spacial score (nSPS) is 11.2. The second-order valence-electron chi connectivity index (χ2n) is 9.01. The molecule has 0 fully saturated rings. The van der Waals surface area contributed by atoms with Crippen LogP contribution in [0.2, 0.25) is 0 Å². The van der Waals surface area contributed by atoms with Gasteiger partial charge < -0.3 is 14.8 Å². The summed E-state index contributed by atoms with van der Waals surface area (Å²) in [6.45, 7) is 8.88. The zero-order valence-electron chi connectivity index (χ0n) is 20.2. The molecule has 0 aliphatic carbocycles. The molecule has 0 aliphatic rings. The fourth-order valence-corrected chi connectivity index (χ4v) is 4.90. The van der Waals surface area contributed by atoms with Gasteiger partial charge in [0.15, 0.2) is 0 Å². The Hall–Kier alpha value is -2.64. The smallest absolute Gasteiger partial charge is 0.341 e. The van der Waals surface area contributed by atoms with Gasteiger partial charge in [0, 0.05) is 21.3 Å². The monoisotopic (exact) mass is 543 g/mol. The molecule has 3 aromatic rings. The van der Waals surface area contributed by atoms with Crippen LogP contribution in [0.5, 0.6) is 5.75 Å². The number of carbonyl (C=O) groups is 2. The predicted octanol–water partition coefficient (Wildman–Crippen LogP) is 7.37. The first-order chi connectivity index (χ1) is 16.1. The number of methoxy groups -OCH3 is 1. The lowest BCUT2D eigenvalue weighted by molar-refractivity contribution is -0.116. The Morgan fingerprint density at radius 3 is 2.26 bits per heavy atom. The Morgan fingerprint density at radius 2 is 1.68 bits per heavy atom. The summed E-state index contributed by atoms with van der Waals surface area (Å²) in [5, 5.41) is 3.41. The number of carbonyl (C=O) groups excluding carboxylic acids is 2. The minimum Gasteiger partial charge on any atom is -0.494 e. The Bertz CT molecular complexity index is 1150. The number of amides is 1. The van der Waals surface area contributed by atoms with Gasteiger partial charge in [-0.05, 0) is 54.2 Å². The zero-order valence-corrected chi connectivity index (χ0v) is 22.6. The van der Waals surface area contributed by atoms with E-state index in [-0.39, 0.29) is 17.7 Å². The van der Waals surface area contributed by atoms with Crippen LogP contribution in [-0.2, 0) is 14.9 Å². The van der Waals surface area contributed by atoms with E-state index in [1.807, 2.05) is 43.3 Å². The maximum absolute atomic E-state index is 12.6. The van der Waals surface area contributed by atoms with Crippen molar-refractivity contribution in [3.63, 3.8) is 0 Å². The van der Waals surface area contributed by atoms with Crippen LogP contribution in [-0.4, -0.2) is 25.6 Å². The molecule has 180 valence electrons. The molecule has 1 aromatic heterocycles. The quantitative estimate of drug-likeness (QED) is 0.238. The predicted molar refractivity (Wildman–Crippen MR) is 142 cm³/mol. The molecule has 3 rings (SSSR count). The van der Waals surface area contributed by atoms with Gasteiger partial charge in [-0.25, -0.2) is 4.79 Å². The maximum Gasteiger partial charge on any atom is 0.341 e. The van der Waals surface area contributed by atoms with E-state index in [2.05, 4.69) is 54.2 Å². The van der Waals surface area contributed by atoms with Gasteiger partial charge in [-0.3, -0.25) is 4.79 Å². The third-order valence-corrected chi connectivity index (χ3v) is 6.95. The number of anilines is 1. The lowest BCUT2D eigenvalue weighted by Gasteiger charge is -2.19. The molecular formula is C27H30BrNO4S. The van der Waals surface area contributed by atoms with E-state index in [0.29, 0.717) is 23.6 Å². The number of thiophene rings is 1. The van der Waals surface area contributed by atoms with Crippen molar-refractivity contribution in [1.82, 2.24) is 0 Å². The van der Waals surface area contributed by atoms with Crippen LogP contribution in [0, 0.1) is 6.92 Å². The Labute approximate surface area is 213 Å². The van der Waals surface area contributed by atoms with E-state index in [1.165, 1.54) is 24.0 Å². The summed E-state index contributed by atoms with van der Waals surface area (Å²) in [5.74, 6) is 0.148. The summed E-state index contributed by atoms with van der Waals surface area (Å²) in [6.07, 6.45) is 0.843. The summed E-state index contributed by atoms with van der Waals surface area (Å²) < 4.78 is 11.8. The van der Waals surface area contributed by atoms with Gasteiger partial charge in [0.05, 0.1) is 13.7 Å². The Balaban J connectivity index is 1.62. The fourth-order valence-electron chi connectivity index (χ4n) is 3.56. The van der Waals surface area contributed by atoms with Crippen LogP contribution in [0.1, 0.15) is 54.4 Å². The minimum absolute atomic E-state index is 0.0943. The van der Waals surface area contributed by atoms with Crippen molar-refractivity contribution in [3.05, 3.63) is 69.0 Å². The fraction of sp³-hybridized carbons (Fsp3) is 0.333. The first-order valence-corrected chi connectivity index (χ1v) is 12.7. The minimum atomic E-state index is -0.473. The third kappa shape index (κ3) is 6.48. The highest BCUT2D eigenvalue weighted by Gasteiger charge is 2.25. The van der Waals surface area contributed by atoms with Crippen molar-refractivity contribution in [2.24, 2.45) is 0 Å². The topological polar surface area (TPSA) is 64.6 Å². The number of ether oxygens (including phenoxy) is 2. The second-order valence-corrected chi connectivity index (χ2v) is 11.2. The number of aryl methyl sites for hydroxylation is 1. The molecule has 2 aromatic carbocycles. The van der Waals surface area contributed by atoms with Crippen LogP contribution in [0.15, 0.2) is 53.0 Å². The number of halogens is 1. The summed E-state index contributed by atoms with van der Waals surface area (Å²) in [7, 11) is 1.34. The van der Waals surface area contributed by atoms with Gasteiger partial charge in [0.1, 0.15) is 16.3 Å². The first kappa shape index (κ1) is 26.0. The molecule has 7 heteroatoms. The summed E-state index contributed by atoms with van der Waals surface area (Å²) >= 11 is 4.81. The van der Waals surface area contributed by atoms with Gasteiger partial charge in [-0.2, -0.15) is 0 Å². The van der Waals surface area contributed by atoms with Gasteiger partial charge in [0.2, 0.25) is 5.91 Å². The van der Waals surface area contributed by atoms with Gasteiger partial charge in [0.25, 0.3) is 0 Å². The molecule has 0 aliphatic heterocycles. The van der Waals surface area contributed by atoms with Crippen LogP contribution in [0.3, 0.4) is 0 Å². The van der Waals surface area contributed by atoms with Crippen LogP contribution in [0.4, 0.5) is 5.00 Å². The van der Waals surface area contributed by atoms with Gasteiger partial charge in [-0.1, -0.05) is 61.0 Å². The average molecular weight is 545 g/mol. The van der Waals surface area contributed by atoms with E-state index in [1.54, 1.807) is 0 Å². The second kappa shape index (κ2) is 11.2. The third-order valence-electron chi connectivity index (χ3n) is 5.40. The first-order valence-electron chi connectivity index (χ1n) is 11.1. The number of hydrogen-bond donors (Lipinski definition) is 1. The number of nitrogens with one attached hydrogen (secondary N) is 1. The van der Waals surface area contributed by atoms with Crippen molar-refractivity contribution < 1.29 is 19.1 Å². The SMILES string of the molecule is COC(=O)c1c(NC(=O)CCCOc2ccc(C(C)(C)C)cc2)sc(C)c1-c1ccc(Br)cc1. The molecule has 0 unspecified atom stereocenters. The summed E-state index contributed by atoms with van der Waals surface area (Å²) in [6, 6.07) is 15.8. The number of benzene rings is 2. The van der Waals surface area contributed by atoms with Crippen molar-refractivity contribution >= 4 is 44.1 Å². The van der Waals surface area contributed by atoms with Gasteiger partial charge >= 0.3 is 5.97 Å². The van der Waals surface area contributed by atoms with Crippen LogP contribution < -0.4 is 10.1 Å². The number of hydrogen-bond acceptors (Lipinski definition) is 5. The molecule has 0 bridgehead atoms. The molecule has 0 atom stereocenters. The molecule has 0 saturated heterocycles. The van der Waals surface area contributed by atoms with Crippen molar-refractivity contribution in [3.8, 4) is 16.9 Å². The van der Waals surface area contributed by atoms with Crippen molar-refractivity contribution in [2.45, 2.75) is 46.0 Å². The van der Waals surface area contributed by atoms with E-state index in [9.17, 15) is 9.59 Å². The molecule has 1 N–H and O–H groups in total. The number of rotatable bonds is 8. The molecular weight excluding hydrogens is 514 g/mol. The average Bonchev–Trinajstić information content (AvgIpc) is 3.11. The lowest BCUT2D eigenvalue weighted by Crippen LogP contribution is -2.15. The highest BCUT2D eigenvalue weighted by Crippen LogP contribution is 2.40. The largest absolute Gasteiger partial charge is 0.494 e. The summed E-state index contributed by atoms with van der Waals surface area (Å²) in [4.78, 5) is 26.2. The Kier molecular flexibility index (Phi) is 8.55. The van der Waals surface area contributed by atoms with E-state index < -0.39 is 5.97 Å². The summed E-state index contributed by atoms with van der Waals surface area (Å²) in [5.41, 5.74) is 3.40. The van der Waals surface area contributed by atoms with Crippen LogP contribution in [0.25, 0.3) is 11.1 Å². The maximum atomic E-state index is 12.6. The Morgan fingerprint density at radius 1 is 1.03 bits per heavy atom.